The minimum absolute atomic E-state index is 0. The molecule has 0 radical (unpaired) electrons. The van der Waals surface area contributed by atoms with Gasteiger partial charge < -0.3 is 5.11 Å². The second kappa shape index (κ2) is 9.08. The first kappa shape index (κ1) is 21.0. The third-order valence-corrected chi connectivity index (χ3v) is 5.64. The topological polar surface area (TPSA) is 63.6 Å². The van der Waals surface area contributed by atoms with E-state index in [2.05, 4.69) is 0 Å². The number of phenolic OH excluding ortho intramolecular Hbond substituents is 1. The van der Waals surface area contributed by atoms with E-state index in [-0.39, 0.29) is 24.1 Å². The number of aromatic hydroxyl groups is 1. The summed E-state index contributed by atoms with van der Waals surface area (Å²) in [6.07, 6.45) is -0.507. The lowest BCUT2D eigenvalue weighted by atomic mass is 10.0. The number of aryl methyl sites for hydroxylation is 1. The van der Waals surface area contributed by atoms with Crippen LogP contribution in [0.3, 0.4) is 0 Å². The second-order valence-electron chi connectivity index (χ2n) is 6.05. The molecule has 0 heterocycles. The zero-order valence-corrected chi connectivity index (χ0v) is 16.7. The van der Waals surface area contributed by atoms with Crippen molar-refractivity contribution in [1.82, 2.24) is 0 Å². The quantitative estimate of drug-likeness (QED) is 0.617. The van der Waals surface area contributed by atoms with Gasteiger partial charge in [-0.25, -0.2) is 0 Å². The van der Waals surface area contributed by atoms with Crippen LogP contribution in [0.1, 0.15) is 22.8 Å². The van der Waals surface area contributed by atoms with Crippen LogP contribution in [0.25, 0.3) is 0 Å². The Labute approximate surface area is 167 Å². The molecule has 0 fully saturated rings. The van der Waals surface area contributed by atoms with Crippen LogP contribution in [0.5, 0.6) is 5.75 Å². The van der Waals surface area contributed by atoms with Gasteiger partial charge in [0.2, 0.25) is 0 Å². The number of hydrogen-bond acceptors (Lipinski definition) is 4. The third-order valence-electron chi connectivity index (χ3n) is 4.15. The monoisotopic (exact) mass is 402 g/mol. The van der Waals surface area contributed by atoms with E-state index in [4.69, 9.17) is 4.18 Å². The van der Waals surface area contributed by atoms with Crippen LogP contribution in [-0.2, 0) is 20.7 Å². The molecule has 0 saturated carbocycles. The summed E-state index contributed by atoms with van der Waals surface area (Å²) in [5, 5.41) is 10.2. The largest absolute Gasteiger partial charge is 0.508 e. The Balaban J connectivity index is 0.00000261. The summed E-state index contributed by atoms with van der Waals surface area (Å²) in [6, 6.07) is 22.8. The fourth-order valence-corrected chi connectivity index (χ4v) is 4.11. The van der Waals surface area contributed by atoms with Crippen molar-refractivity contribution in [2.45, 2.75) is 24.3 Å². The number of para-hydroxylation sites is 1. The molecule has 0 spiro atoms. The van der Waals surface area contributed by atoms with Crippen LogP contribution in [0.2, 0.25) is 0 Å². The molecular weight excluding hydrogens is 380 g/mol. The van der Waals surface area contributed by atoms with Crippen molar-refractivity contribution in [3.63, 3.8) is 0 Å². The first-order chi connectivity index (χ1) is 12.5. The Morgan fingerprint density at radius 2 is 1.48 bits per heavy atom. The van der Waals surface area contributed by atoms with E-state index in [1.54, 1.807) is 43.3 Å². The fraction of sp³-hybridized carbons (Fsp3) is 0.143. The van der Waals surface area contributed by atoms with E-state index in [0.717, 1.165) is 5.56 Å². The van der Waals surface area contributed by atoms with E-state index < -0.39 is 16.2 Å². The Bertz CT molecular complexity index is 986. The zero-order valence-electron chi connectivity index (χ0n) is 14.9. The molecule has 0 aliphatic rings. The minimum Gasteiger partial charge on any atom is -0.508 e. The molecule has 27 heavy (non-hydrogen) atoms. The SMILES string of the molecule is Cc1ccccc1S(=O)(=O)OC(Cc1ccccc1)c1ccccc1O.S. The van der Waals surface area contributed by atoms with E-state index in [9.17, 15) is 13.5 Å². The summed E-state index contributed by atoms with van der Waals surface area (Å²) >= 11 is 0. The Morgan fingerprint density at radius 3 is 2.15 bits per heavy atom. The summed E-state index contributed by atoms with van der Waals surface area (Å²) < 4.78 is 31.3. The number of phenols is 1. The maximum absolute atomic E-state index is 12.8. The molecule has 0 saturated heterocycles. The summed E-state index contributed by atoms with van der Waals surface area (Å²) in [5.41, 5.74) is 1.97. The molecule has 1 atom stereocenters. The molecule has 0 aliphatic carbocycles. The molecule has 0 aromatic heterocycles. The third kappa shape index (κ3) is 5.13. The Morgan fingerprint density at radius 1 is 0.889 bits per heavy atom. The molecule has 0 amide bonds. The summed E-state index contributed by atoms with van der Waals surface area (Å²) in [7, 11) is -3.99. The van der Waals surface area contributed by atoms with Gasteiger partial charge in [0.05, 0.1) is 4.90 Å². The maximum atomic E-state index is 12.8. The van der Waals surface area contributed by atoms with Crippen molar-refractivity contribution >= 4 is 23.6 Å². The molecule has 3 aromatic rings. The van der Waals surface area contributed by atoms with Crippen LogP contribution in [0.4, 0.5) is 0 Å². The second-order valence-corrected chi connectivity index (χ2v) is 7.59. The predicted molar refractivity (Wildman–Crippen MR) is 111 cm³/mol. The molecule has 0 bridgehead atoms. The van der Waals surface area contributed by atoms with Crippen LogP contribution in [0, 0.1) is 6.92 Å². The van der Waals surface area contributed by atoms with E-state index >= 15 is 0 Å². The summed E-state index contributed by atoms with van der Waals surface area (Å²) in [4.78, 5) is 0.133. The van der Waals surface area contributed by atoms with Gasteiger partial charge in [-0.2, -0.15) is 21.9 Å². The number of benzene rings is 3. The van der Waals surface area contributed by atoms with Crippen LogP contribution in [0.15, 0.2) is 83.8 Å². The van der Waals surface area contributed by atoms with Crippen molar-refractivity contribution in [2.75, 3.05) is 0 Å². The molecular formula is C21H22O4S2. The van der Waals surface area contributed by atoms with E-state index in [1.165, 1.54) is 12.1 Å². The van der Waals surface area contributed by atoms with Crippen molar-refractivity contribution in [3.05, 3.63) is 95.6 Å². The Hall–Kier alpha value is -2.28. The lowest BCUT2D eigenvalue weighted by molar-refractivity contribution is 0.209. The number of rotatable bonds is 6. The highest BCUT2D eigenvalue weighted by Gasteiger charge is 2.26. The van der Waals surface area contributed by atoms with Crippen molar-refractivity contribution in [1.29, 1.82) is 0 Å². The molecule has 4 nitrogen and oxygen atoms in total. The average Bonchev–Trinajstić information content (AvgIpc) is 2.62. The first-order valence-corrected chi connectivity index (χ1v) is 9.69. The Kier molecular flexibility index (Phi) is 7.07. The van der Waals surface area contributed by atoms with Gasteiger partial charge in [0.1, 0.15) is 11.9 Å². The van der Waals surface area contributed by atoms with Gasteiger partial charge >= 0.3 is 0 Å². The zero-order chi connectivity index (χ0) is 18.6. The van der Waals surface area contributed by atoms with Crippen LogP contribution >= 0.6 is 13.5 Å². The average molecular weight is 403 g/mol. The van der Waals surface area contributed by atoms with Crippen molar-refractivity contribution < 1.29 is 17.7 Å². The van der Waals surface area contributed by atoms with Gasteiger partial charge in [0, 0.05) is 12.0 Å². The van der Waals surface area contributed by atoms with Gasteiger partial charge in [-0.05, 0) is 30.2 Å². The molecule has 1 unspecified atom stereocenters. The van der Waals surface area contributed by atoms with Crippen LogP contribution in [-0.4, -0.2) is 13.5 Å². The van der Waals surface area contributed by atoms with Crippen molar-refractivity contribution in [2.24, 2.45) is 0 Å². The fourth-order valence-electron chi connectivity index (χ4n) is 2.83. The summed E-state index contributed by atoms with van der Waals surface area (Å²) in [5.74, 6) is 0.00779. The lowest BCUT2D eigenvalue weighted by Crippen LogP contribution is -2.15. The van der Waals surface area contributed by atoms with E-state index in [0.29, 0.717) is 17.5 Å². The first-order valence-electron chi connectivity index (χ1n) is 8.28. The van der Waals surface area contributed by atoms with Gasteiger partial charge in [-0.1, -0.05) is 66.7 Å². The highest BCUT2D eigenvalue weighted by Crippen LogP contribution is 2.33. The van der Waals surface area contributed by atoms with Gasteiger partial charge in [0.25, 0.3) is 10.1 Å². The maximum Gasteiger partial charge on any atom is 0.297 e. The highest BCUT2D eigenvalue weighted by atomic mass is 32.2. The number of hydrogen-bond donors (Lipinski definition) is 1. The van der Waals surface area contributed by atoms with Gasteiger partial charge in [-0.3, -0.25) is 4.18 Å². The van der Waals surface area contributed by atoms with Crippen molar-refractivity contribution in [3.8, 4) is 5.75 Å². The lowest BCUT2D eigenvalue weighted by Gasteiger charge is -2.20. The smallest absolute Gasteiger partial charge is 0.297 e. The molecule has 3 rings (SSSR count). The molecule has 6 heteroatoms. The summed E-state index contributed by atoms with van der Waals surface area (Å²) in [6.45, 7) is 1.72. The highest BCUT2D eigenvalue weighted by molar-refractivity contribution is 7.86. The van der Waals surface area contributed by atoms with E-state index in [1.807, 2.05) is 30.3 Å². The standard InChI is InChI=1S/C21H20O4S.H2S/c1-16-9-5-8-14-21(16)26(23,24)25-20(15-17-10-3-2-4-11-17)18-12-6-7-13-19(18)22;/h2-14,20,22H,15H2,1H3;1H2. The molecule has 1 N–H and O–H groups in total. The predicted octanol–water partition coefficient (Wildman–Crippen LogP) is 4.50. The van der Waals surface area contributed by atoms with Gasteiger partial charge in [-0.15, -0.1) is 0 Å². The molecule has 3 aromatic carbocycles. The molecule has 0 aliphatic heterocycles. The minimum atomic E-state index is -3.99. The van der Waals surface area contributed by atoms with Crippen LogP contribution < -0.4 is 0 Å². The van der Waals surface area contributed by atoms with Gasteiger partial charge in [0.15, 0.2) is 0 Å². The molecule has 142 valence electrons. The normalized spacial score (nSPS) is 12.2.